The van der Waals surface area contributed by atoms with Crippen LogP contribution in [0.3, 0.4) is 0 Å². The van der Waals surface area contributed by atoms with Crippen LogP contribution < -0.4 is 15.4 Å². The lowest BCUT2D eigenvalue weighted by Crippen LogP contribution is -2.28. The fourth-order valence-electron chi connectivity index (χ4n) is 2.33. The summed E-state index contributed by atoms with van der Waals surface area (Å²) in [5.74, 6) is 0.0787. The van der Waals surface area contributed by atoms with Gasteiger partial charge in [-0.2, -0.15) is 0 Å². The molecule has 0 aliphatic heterocycles. The monoisotopic (exact) mass is 350 g/mol. The number of carbonyl (C=O) groups excluding carboxylic acids is 1. The highest BCUT2D eigenvalue weighted by Gasteiger charge is 2.03. The Morgan fingerprint density at radius 1 is 0.846 bits per heavy atom. The van der Waals surface area contributed by atoms with Crippen LogP contribution in [0.5, 0.6) is 5.75 Å². The van der Waals surface area contributed by atoms with Gasteiger partial charge in [0, 0.05) is 17.9 Å². The van der Waals surface area contributed by atoms with Crippen LogP contribution >= 0.6 is 0 Å². The van der Waals surface area contributed by atoms with E-state index in [2.05, 4.69) is 10.6 Å². The molecule has 0 aliphatic carbocycles. The number of amides is 1. The van der Waals surface area contributed by atoms with Crippen LogP contribution in [-0.4, -0.2) is 12.5 Å². The van der Waals surface area contributed by atoms with Crippen molar-refractivity contribution >= 4 is 17.3 Å². The number of carbonyl (C=O) groups is 1. The van der Waals surface area contributed by atoms with Crippen LogP contribution in [0, 0.1) is 5.82 Å². The maximum atomic E-state index is 12.8. The van der Waals surface area contributed by atoms with E-state index in [1.807, 2.05) is 42.5 Å². The van der Waals surface area contributed by atoms with Crippen molar-refractivity contribution in [2.75, 3.05) is 11.9 Å². The van der Waals surface area contributed by atoms with Gasteiger partial charge in [-0.3, -0.25) is 4.79 Å². The van der Waals surface area contributed by atoms with Gasteiger partial charge in [-0.05, 0) is 54.1 Å². The average Bonchev–Trinajstić information content (AvgIpc) is 2.68. The summed E-state index contributed by atoms with van der Waals surface area (Å²) in [5.41, 5.74) is 2.77. The Labute approximate surface area is 151 Å². The van der Waals surface area contributed by atoms with Crippen molar-refractivity contribution in [1.82, 2.24) is 5.32 Å². The van der Waals surface area contributed by atoms with Crippen LogP contribution in [0.25, 0.3) is 0 Å². The molecule has 0 heterocycles. The van der Waals surface area contributed by atoms with E-state index in [4.69, 9.17) is 4.74 Å². The van der Waals surface area contributed by atoms with Gasteiger partial charge in [-0.1, -0.05) is 30.3 Å². The summed E-state index contributed by atoms with van der Waals surface area (Å²) in [4.78, 5) is 11.8. The quantitative estimate of drug-likeness (QED) is 0.669. The molecule has 0 saturated heterocycles. The molecule has 2 N–H and O–H groups in total. The predicted octanol–water partition coefficient (Wildman–Crippen LogP) is 4.26. The van der Waals surface area contributed by atoms with Gasteiger partial charge in [-0.15, -0.1) is 0 Å². The molecule has 1 amide bonds. The van der Waals surface area contributed by atoms with Crippen LogP contribution in [0.1, 0.15) is 5.56 Å². The lowest BCUT2D eigenvalue weighted by atomic mass is 10.2. The van der Waals surface area contributed by atoms with Gasteiger partial charge in [0.15, 0.2) is 6.61 Å². The van der Waals surface area contributed by atoms with Crippen molar-refractivity contribution in [3.05, 3.63) is 90.2 Å². The Balaban J connectivity index is 1.44. The third-order valence-corrected chi connectivity index (χ3v) is 3.69. The first-order chi connectivity index (χ1) is 12.7. The maximum Gasteiger partial charge on any atom is 0.258 e. The number of rotatable bonds is 7. The molecule has 0 radical (unpaired) electrons. The zero-order valence-electron chi connectivity index (χ0n) is 14.1. The fraction of sp³-hybridized carbons (Fsp3) is 0.0952. The number of para-hydroxylation sites is 1. The molecule has 3 aromatic carbocycles. The number of hydrogen-bond donors (Lipinski definition) is 2. The minimum atomic E-state index is -0.298. The van der Waals surface area contributed by atoms with Gasteiger partial charge in [-0.25, -0.2) is 4.39 Å². The van der Waals surface area contributed by atoms with Gasteiger partial charge in [0.2, 0.25) is 0 Å². The molecule has 0 fully saturated rings. The molecular formula is C21H19FN2O2. The number of hydrogen-bond acceptors (Lipinski definition) is 3. The second-order valence-corrected chi connectivity index (χ2v) is 5.71. The second kappa shape index (κ2) is 8.67. The van der Waals surface area contributed by atoms with E-state index in [9.17, 15) is 9.18 Å². The van der Waals surface area contributed by atoms with Crippen LogP contribution in [-0.2, 0) is 11.3 Å². The Morgan fingerprint density at radius 2 is 1.50 bits per heavy atom. The molecular weight excluding hydrogens is 331 g/mol. The number of anilines is 2. The van der Waals surface area contributed by atoms with Gasteiger partial charge in [0.05, 0.1) is 0 Å². The lowest BCUT2D eigenvalue weighted by molar-refractivity contribution is -0.123. The Morgan fingerprint density at radius 3 is 2.19 bits per heavy atom. The Kier molecular flexibility index (Phi) is 5.83. The SMILES string of the molecule is O=C(COc1ccc(Nc2ccccc2)cc1)NCc1ccc(F)cc1. The van der Waals surface area contributed by atoms with Crippen LogP contribution in [0.2, 0.25) is 0 Å². The van der Waals surface area contributed by atoms with Gasteiger partial charge in [0.25, 0.3) is 5.91 Å². The highest BCUT2D eigenvalue weighted by Crippen LogP contribution is 2.19. The first-order valence-electron chi connectivity index (χ1n) is 8.25. The van der Waals surface area contributed by atoms with E-state index in [1.54, 1.807) is 24.3 Å². The molecule has 0 saturated carbocycles. The van der Waals surface area contributed by atoms with E-state index < -0.39 is 0 Å². The first-order valence-corrected chi connectivity index (χ1v) is 8.25. The van der Waals surface area contributed by atoms with Gasteiger partial charge < -0.3 is 15.4 Å². The largest absolute Gasteiger partial charge is 0.484 e. The highest BCUT2D eigenvalue weighted by molar-refractivity contribution is 5.77. The molecule has 5 heteroatoms. The standard InChI is InChI=1S/C21H19FN2O2/c22-17-8-6-16(7-9-17)14-23-21(25)15-26-20-12-10-19(11-13-20)24-18-4-2-1-3-5-18/h1-13,24H,14-15H2,(H,23,25). The fourth-order valence-corrected chi connectivity index (χ4v) is 2.33. The number of benzene rings is 3. The summed E-state index contributed by atoms with van der Waals surface area (Å²) >= 11 is 0. The summed E-state index contributed by atoms with van der Waals surface area (Å²) in [6.45, 7) is 0.259. The van der Waals surface area contributed by atoms with Gasteiger partial charge >= 0.3 is 0 Å². The van der Waals surface area contributed by atoms with E-state index >= 15 is 0 Å². The smallest absolute Gasteiger partial charge is 0.258 e. The van der Waals surface area contributed by atoms with Crippen molar-refractivity contribution in [2.24, 2.45) is 0 Å². The zero-order valence-corrected chi connectivity index (χ0v) is 14.1. The summed E-state index contributed by atoms with van der Waals surface area (Å²) in [5, 5.41) is 6.01. The molecule has 0 atom stereocenters. The molecule has 26 heavy (non-hydrogen) atoms. The summed E-state index contributed by atoms with van der Waals surface area (Å²) in [6, 6.07) is 23.2. The topological polar surface area (TPSA) is 50.4 Å². The van der Waals surface area contributed by atoms with Crippen molar-refractivity contribution in [3.63, 3.8) is 0 Å². The molecule has 0 bridgehead atoms. The third-order valence-electron chi connectivity index (χ3n) is 3.69. The van der Waals surface area contributed by atoms with E-state index in [0.717, 1.165) is 16.9 Å². The number of nitrogens with one attached hydrogen (secondary N) is 2. The molecule has 3 rings (SSSR count). The maximum absolute atomic E-state index is 12.8. The minimum Gasteiger partial charge on any atom is -0.484 e. The summed E-state index contributed by atoms with van der Waals surface area (Å²) < 4.78 is 18.3. The average molecular weight is 350 g/mol. The highest BCUT2D eigenvalue weighted by atomic mass is 19.1. The second-order valence-electron chi connectivity index (χ2n) is 5.71. The number of ether oxygens (including phenoxy) is 1. The number of halogens is 1. The van der Waals surface area contributed by atoms with Crippen molar-refractivity contribution in [3.8, 4) is 5.75 Å². The molecule has 0 unspecified atom stereocenters. The molecule has 3 aromatic rings. The van der Waals surface area contributed by atoms with Crippen molar-refractivity contribution in [1.29, 1.82) is 0 Å². The molecule has 0 spiro atoms. The van der Waals surface area contributed by atoms with E-state index in [0.29, 0.717) is 12.3 Å². The molecule has 132 valence electrons. The molecule has 0 aromatic heterocycles. The van der Waals surface area contributed by atoms with Crippen molar-refractivity contribution < 1.29 is 13.9 Å². The van der Waals surface area contributed by atoms with Crippen molar-refractivity contribution in [2.45, 2.75) is 6.54 Å². The predicted molar refractivity (Wildman–Crippen MR) is 99.9 cm³/mol. The minimum absolute atomic E-state index is 0.0767. The van der Waals surface area contributed by atoms with Crippen LogP contribution in [0.4, 0.5) is 15.8 Å². The Bertz CT molecular complexity index is 834. The normalized spacial score (nSPS) is 10.2. The van der Waals surface area contributed by atoms with Gasteiger partial charge in [0.1, 0.15) is 11.6 Å². The van der Waals surface area contributed by atoms with E-state index in [1.165, 1.54) is 12.1 Å². The zero-order chi connectivity index (χ0) is 18.2. The molecule has 4 nitrogen and oxygen atoms in total. The molecule has 0 aliphatic rings. The summed E-state index contributed by atoms with van der Waals surface area (Å²) in [6.07, 6.45) is 0. The summed E-state index contributed by atoms with van der Waals surface area (Å²) in [7, 11) is 0. The first kappa shape index (κ1) is 17.5. The van der Waals surface area contributed by atoms with Crippen LogP contribution in [0.15, 0.2) is 78.9 Å². The van der Waals surface area contributed by atoms with E-state index in [-0.39, 0.29) is 18.3 Å². The Hall–Kier alpha value is -3.34. The third kappa shape index (κ3) is 5.34. The lowest BCUT2D eigenvalue weighted by Gasteiger charge is -2.09.